The third-order valence-corrected chi connectivity index (χ3v) is 3.81. The van der Waals surface area contributed by atoms with E-state index in [1.165, 1.54) is 0 Å². The van der Waals surface area contributed by atoms with E-state index in [1.807, 2.05) is 30.3 Å². The largest absolute Gasteiger partial charge is 0.496 e. The number of para-hydroxylation sites is 1. The number of rotatable bonds is 4. The summed E-state index contributed by atoms with van der Waals surface area (Å²) < 4.78 is 6.46. The lowest BCUT2D eigenvalue weighted by Crippen LogP contribution is -2.00. The highest BCUT2D eigenvalue weighted by molar-refractivity contribution is 7.22. The minimum atomic E-state index is 0.692. The average Bonchev–Trinajstić information content (AvgIpc) is 2.88. The summed E-state index contributed by atoms with van der Waals surface area (Å²) in [6.45, 7) is 0.692. The number of methoxy groups -OCH3 is 1. The molecule has 96 valence electrons. The molecule has 0 fully saturated rings. The second-order valence-electron chi connectivity index (χ2n) is 4.03. The molecule has 2 aromatic heterocycles. The number of anilines is 1. The molecule has 0 saturated carbocycles. The van der Waals surface area contributed by atoms with Crippen LogP contribution in [0.5, 0.6) is 5.75 Å². The van der Waals surface area contributed by atoms with Crippen molar-refractivity contribution >= 4 is 26.7 Å². The Labute approximate surface area is 115 Å². The molecule has 19 heavy (non-hydrogen) atoms. The van der Waals surface area contributed by atoms with Crippen molar-refractivity contribution in [2.75, 3.05) is 12.4 Å². The van der Waals surface area contributed by atoms with E-state index < -0.39 is 0 Å². The van der Waals surface area contributed by atoms with Gasteiger partial charge in [0.05, 0.1) is 18.0 Å². The Morgan fingerprint density at radius 3 is 3.00 bits per heavy atom. The summed E-state index contributed by atoms with van der Waals surface area (Å²) in [6.07, 6.45) is 3.56. The second-order valence-corrected chi connectivity index (χ2v) is 5.06. The highest BCUT2D eigenvalue weighted by Crippen LogP contribution is 2.26. The van der Waals surface area contributed by atoms with Gasteiger partial charge in [-0.3, -0.25) is 4.98 Å². The molecule has 5 heteroatoms. The quantitative estimate of drug-likeness (QED) is 0.790. The molecule has 0 saturated heterocycles. The molecule has 0 aliphatic carbocycles. The molecule has 0 atom stereocenters. The molecule has 3 aromatic rings. The smallest absolute Gasteiger partial charge is 0.184 e. The van der Waals surface area contributed by atoms with E-state index in [0.717, 1.165) is 26.7 Å². The zero-order valence-electron chi connectivity index (χ0n) is 10.5. The number of benzene rings is 1. The number of pyridine rings is 1. The molecule has 0 radical (unpaired) electrons. The summed E-state index contributed by atoms with van der Waals surface area (Å²) >= 11 is 1.63. The Bertz CT molecular complexity index is 663. The predicted octanol–water partition coefficient (Wildman–Crippen LogP) is 3.31. The number of hydrogen-bond donors (Lipinski definition) is 1. The minimum absolute atomic E-state index is 0.692. The average molecular weight is 271 g/mol. The lowest BCUT2D eigenvalue weighted by Gasteiger charge is -2.08. The van der Waals surface area contributed by atoms with Crippen LogP contribution in [0.15, 0.2) is 42.7 Å². The summed E-state index contributed by atoms with van der Waals surface area (Å²) in [5, 5.41) is 4.22. The van der Waals surface area contributed by atoms with Gasteiger partial charge in [-0.25, -0.2) is 4.98 Å². The fourth-order valence-electron chi connectivity index (χ4n) is 1.88. The minimum Gasteiger partial charge on any atom is -0.496 e. The first kappa shape index (κ1) is 11.9. The van der Waals surface area contributed by atoms with Gasteiger partial charge in [-0.05, 0) is 12.1 Å². The zero-order valence-corrected chi connectivity index (χ0v) is 11.3. The van der Waals surface area contributed by atoms with Gasteiger partial charge in [-0.2, -0.15) is 0 Å². The third-order valence-electron chi connectivity index (χ3n) is 2.81. The lowest BCUT2D eigenvalue weighted by atomic mass is 10.2. The Balaban J connectivity index is 1.78. The third kappa shape index (κ3) is 2.51. The van der Waals surface area contributed by atoms with Gasteiger partial charge in [-0.1, -0.05) is 29.5 Å². The van der Waals surface area contributed by atoms with Crippen LogP contribution in [0.3, 0.4) is 0 Å². The number of thiazole rings is 1. The van der Waals surface area contributed by atoms with Crippen LogP contribution < -0.4 is 10.1 Å². The monoisotopic (exact) mass is 271 g/mol. The standard InChI is InChI=1S/C14H13N3OS/c1-18-12-5-3-2-4-10(12)8-16-14-17-11-9-15-7-6-13(11)19-14/h2-7,9H,8H2,1H3,(H,16,17). The van der Waals surface area contributed by atoms with Crippen LogP contribution in [-0.4, -0.2) is 17.1 Å². The molecule has 1 aromatic carbocycles. The number of aromatic nitrogens is 2. The van der Waals surface area contributed by atoms with Crippen LogP contribution in [0.4, 0.5) is 5.13 Å². The summed E-state index contributed by atoms with van der Waals surface area (Å²) in [4.78, 5) is 8.56. The number of hydrogen-bond acceptors (Lipinski definition) is 5. The maximum Gasteiger partial charge on any atom is 0.184 e. The van der Waals surface area contributed by atoms with Crippen LogP contribution in [-0.2, 0) is 6.54 Å². The fraction of sp³-hybridized carbons (Fsp3) is 0.143. The topological polar surface area (TPSA) is 47.0 Å². The van der Waals surface area contributed by atoms with E-state index >= 15 is 0 Å². The molecule has 0 aliphatic rings. The fourth-order valence-corrected chi connectivity index (χ4v) is 2.70. The molecule has 0 spiro atoms. The maximum atomic E-state index is 5.33. The second kappa shape index (κ2) is 5.24. The Morgan fingerprint density at radius 2 is 2.16 bits per heavy atom. The van der Waals surface area contributed by atoms with Gasteiger partial charge >= 0.3 is 0 Å². The van der Waals surface area contributed by atoms with Crippen LogP contribution in [0.25, 0.3) is 10.2 Å². The van der Waals surface area contributed by atoms with Crippen molar-refractivity contribution < 1.29 is 4.74 Å². The van der Waals surface area contributed by atoms with Gasteiger partial charge in [0.2, 0.25) is 0 Å². The van der Waals surface area contributed by atoms with Gasteiger partial charge in [0, 0.05) is 18.3 Å². The number of nitrogens with one attached hydrogen (secondary N) is 1. The van der Waals surface area contributed by atoms with Crippen LogP contribution in [0, 0.1) is 0 Å². The molecule has 0 bridgehead atoms. The van der Waals surface area contributed by atoms with E-state index in [1.54, 1.807) is 30.8 Å². The Morgan fingerprint density at radius 1 is 1.26 bits per heavy atom. The maximum absolute atomic E-state index is 5.33. The number of nitrogens with zero attached hydrogens (tertiary/aromatic N) is 2. The highest BCUT2D eigenvalue weighted by Gasteiger charge is 2.05. The van der Waals surface area contributed by atoms with Crippen molar-refractivity contribution in [1.82, 2.24) is 9.97 Å². The van der Waals surface area contributed by atoms with Crippen molar-refractivity contribution in [3.63, 3.8) is 0 Å². The first-order valence-electron chi connectivity index (χ1n) is 5.93. The molecule has 0 unspecified atom stereocenters. The Hall–Kier alpha value is -2.14. The molecule has 4 nitrogen and oxygen atoms in total. The highest BCUT2D eigenvalue weighted by atomic mass is 32.1. The molecular weight excluding hydrogens is 258 g/mol. The van der Waals surface area contributed by atoms with E-state index in [0.29, 0.717) is 6.54 Å². The Kier molecular flexibility index (Phi) is 3.29. The van der Waals surface area contributed by atoms with Gasteiger partial charge in [0.1, 0.15) is 11.3 Å². The van der Waals surface area contributed by atoms with Crippen molar-refractivity contribution in [2.24, 2.45) is 0 Å². The SMILES string of the molecule is COc1ccccc1CNc1nc2cnccc2s1. The summed E-state index contributed by atoms with van der Waals surface area (Å²) in [7, 11) is 1.68. The number of ether oxygens (including phenoxy) is 1. The molecule has 2 heterocycles. The first-order valence-corrected chi connectivity index (χ1v) is 6.75. The van der Waals surface area contributed by atoms with Crippen molar-refractivity contribution in [3.05, 3.63) is 48.3 Å². The van der Waals surface area contributed by atoms with Gasteiger partial charge in [0.25, 0.3) is 0 Å². The van der Waals surface area contributed by atoms with Crippen LogP contribution in [0.2, 0.25) is 0 Å². The van der Waals surface area contributed by atoms with Crippen LogP contribution in [0.1, 0.15) is 5.56 Å². The zero-order chi connectivity index (χ0) is 13.1. The molecule has 0 amide bonds. The normalized spacial score (nSPS) is 10.6. The van der Waals surface area contributed by atoms with Crippen LogP contribution >= 0.6 is 11.3 Å². The van der Waals surface area contributed by atoms with Gasteiger partial charge in [-0.15, -0.1) is 0 Å². The van der Waals surface area contributed by atoms with E-state index in [2.05, 4.69) is 15.3 Å². The van der Waals surface area contributed by atoms with Crippen molar-refractivity contribution in [3.8, 4) is 5.75 Å². The summed E-state index contributed by atoms with van der Waals surface area (Å²) in [5.74, 6) is 0.887. The molecule has 3 rings (SSSR count). The molecular formula is C14H13N3OS. The van der Waals surface area contributed by atoms with Gasteiger partial charge < -0.3 is 10.1 Å². The van der Waals surface area contributed by atoms with E-state index in [9.17, 15) is 0 Å². The molecule has 0 aliphatic heterocycles. The van der Waals surface area contributed by atoms with Crippen molar-refractivity contribution in [1.29, 1.82) is 0 Å². The van der Waals surface area contributed by atoms with Gasteiger partial charge in [0.15, 0.2) is 5.13 Å². The van der Waals surface area contributed by atoms with E-state index in [4.69, 9.17) is 4.74 Å². The summed E-state index contributed by atoms with van der Waals surface area (Å²) in [6, 6.07) is 9.94. The van der Waals surface area contributed by atoms with E-state index in [-0.39, 0.29) is 0 Å². The molecule has 1 N–H and O–H groups in total. The first-order chi connectivity index (χ1) is 9.36. The number of fused-ring (bicyclic) bond motifs is 1. The van der Waals surface area contributed by atoms with Crippen molar-refractivity contribution in [2.45, 2.75) is 6.54 Å². The predicted molar refractivity (Wildman–Crippen MR) is 77.7 cm³/mol. The summed E-state index contributed by atoms with van der Waals surface area (Å²) in [5.41, 5.74) is 2.04. The lowest BCUT2D eigenvalue weighted by molar-refractivity contribution is 0.410.